The van der Waals surface area contributed by atoms with Crippen LogP contribution in [0.1, 0.15) is 33.3 Å². The largest absolute Gasteiger partial charge is 0.270 e. The predicted octanol–water partition coefficient (Wildman–Crippen LogP) is 10.5. The number of hydrogen-bond acceptors (Lipinski definition) is 2. The Hall–Kier alpha value is -3.88. The molecule has 0 saturated heterocycles. The van der Waals surface area contributed by atoms with Crippen molar-refractivity contribution in [1.29, 1.82) is 0 Å². The lowest BCUT2D eigenvalue weighted by atomic mass is 9.84. The van der Waals surface area contributed by atoms with Crippen LogP contribution < -0.4 is 0 Å². The highest BCUT2D eigenvalue weighted by atomic mass is 32.2. The van der Waals surface area contributed by atoms with Gasteiger partial charge >= 0.3 is 0 Å². The van der Waals surface area contributed by atoms with Gasteiger partial charge in [0.25, 0.3) is 0 Å². The van der Waals surface area contributed by atoms with Crippen molar-refractivity contribution in [2.45, 2.75) is 38.0 Å². The number of hydrogen-bond donors (Lipinski definition) is 0. The summed E-state index contributed by atoms with van der Waals surface area (Å²) >= 11 is 1.89. The first-order valence-electron chi connectivity index (χ1n) is 13.7. The molecule has 0 aromatic heterocycles. The molecule has 0 radical (unpaired) electrons. The molecule has 0 N–H and O–H groups in total. The predicted molar refractivity (Wildman–Crippen MR) is 172 cm³/mol. The van der Waals surface area contributed by atoms with Crippen LogP contribution in [-0.2, 0) is 0 Å². The molecule has 1 aliphatic rings. The summed E-state index contributed by atoms with van der Waals surface area (Å²) in [7, 11) is 0. The molecule has 0 unspecified atom stereocenters. The lowest BCUT2D eigenvalue weighted by Gasteiger charge is -2.30. The van der Waals surface area contributed by atoms with Crippen LogP contribution in [0.2, 0.25) is 0 Å². The normalized spacial score (nSPS) is 16.2. The van der Waals surface area contributed by atoms with Gasteiger partial charge in [0, 0.05) is 10.3 Å². The molecule has 39 heavy (non-hydrogen) atoms. The van der Waals surface area contributed by atoms with Gasteiger partial charge in [0.15, 0.2) is 0 Å². The van der Waals surface area contributed by atoms with Crippen molar-refractivity contribution >= 4 is 49.1 Å². The van der Waals surface area contributed by atoms with Gasteiger partial charge in [0.1, 0.15) is 0 Å². The zero-order valence-corrected chi connectivity index (χ0v) is 23.6. The van der Waals surface area contributed by atoms with Gasteiger partial charge in [0.05, 0.1) is 10.6 Å². The van der Waals surface area contributed by atoms with Crippen LogP contribution in [-0.4, -0.2) is 15.3 Å². The zero-order chi connectivity index (χ0) is 26.8. The summed E-state index contributed by atoms with van der Waals surface area (Å²) in [6, 6.07) is 42.2. The van der Waals surface area contributed by atoms with E-state index in [0.717, 1.165) is 5.04 Å². The van der Waals surface area contributed by atoms with E-state index in [2.05, 4.69) is 143 Å². The molecule has 1 nitrogen and oxygen atoms in total. The van der Waals surface area contributed by atoms with Crippen LogP contribution in [0.3, 0.4) is 0 Å². The number of fused-ring (bicyclic) bond motifs is 3. The number of aliphatic imine (C=N–C) groups is 1. The average Bonchev–Trinajstić information content (AvgIpc) is 3.18. The van der Waals surface area contributed by atoms with Crippen LogP contribution in [0, 0.1) is 0 Å². The molecule has 1 aliphatic heterocycles. The Morgan fingerprint density at radius 1 is 0.513 bits per heavy atom. The number of thioether (sulfide) groups is 1. The molecule has 6 aromatic carbocycles. The van der Waals surface area contributed by atoms with Crippen molar-refractivity contribution in [3.05, 3.63) is 121 Å². The van der Waals surface area contributed by atoms with Gasteiger partial charge in [-0.15, -0.1) is 0 Å². The third-order valence-corrected chi connectivity index (χ3v) is 10.1. The fourth-order valence-electron chi connectivity index (χ4n) is 5.88. The third-order valence-electron chi connectivity index (χ3n) is 8.59. The van der Waals surface area contributed by atoms with Gasteiger partial charge in [0.2, 0.25) is 0 Å². The van der Waals surface area contributed by atoms with E-state index in [1.807, 2.05) is 11.8 Å². The van der Waals surface area contributed by atoms with E-state index in [4.69, 9.17) is 4.99 Å². The molecular formula is C37H31NS. The van der Waals surface area contributed by atoms with Gasteiger partial charge in [-0.05, 0) is 88.3 Å². The third kappa shape index (κ3) is 3.81. The second-order valence-electron chi connectivity index (χ2n) is 11.5. The number of benzene rings is 6. The molecule has 0 atom stereocenters. The summed E-state index contributed by atoms with van der Waals surface area (Å²) < 4.78 is 0.0534. The Bertz CT molecular complexity index is 1880. The molecule has 0 fully saturated rings. The monoisotopic (exact) mass is 521 g/mol. The summed E-state index contributed by atoms with van der Waals surface area (Å²) in [6.45, 7) is 9.07. The first-order chi connectivity index (χ1) is 18.8. The summed E-state index contributed by atoms with van der Waals surface area (Å²) in [5, 5.41) is 8.79. The molecule has 6 aromatic rings. The molecule has 0 spiro atoms. The van der Waals surface area contributed by atoms with Gasteiger partial charge in [-0.1, -0.05) is 121 Å². The first kappa shape index (κ1) is 24.2. The molecule has 2 heteroatoms. The molecule has 0 aliphatic carbocycles. The minimum absolute atomic E-state index is 0.0534. The lowest BCUT2D eigenvalue weighted by Crippen LogP contribution is -2.36. The van der Waals surface area contributed by atoms with Crippen molar-refractivity contribution in [3.63, 3.8) is 0 Å². The number of rotatable bonds is 3. The van der Waals surface area contributed by atoms with E-state index in [0.29, 0.717) is 0 Å². The highest BCUT2D eigenvalue weighted by Gasteiger charge is 2.44. The molecule has 0 bridgehead atoms. The zero-order valence-electron chi connectivity index (χ0n) is 22.8. The average molecular weight is 522 g/mol. The summed E-state index contributed by atoms with van der Waals surface area (Å²) in [4.78, 5) is 5.17. The Morgan fingerprint density at radius 2 is 1.03 bits per heavy atom. The highest BCUT2D eigenvalue weighted by molar-refractivity contribution is 8.15. The van der Waals surface area contributed by atoms with E-state index in [9.17, 15) is 0 Å². The van der Waals surface area contributed by atoms with Gasteiger partial charge in [-0.2, -0.15) is 0 Å². The molecule has 7 rings (SSSR count). The summed E-state index contributed by atoms with van der Waals surface area (Å²) in [6.07, 6.45) is 0. The van der Waals surface area contributed by atoms with Gasteiger partial charge < -0.3 is 0 Å². The molecular weight excluding hydrogens is 490 g/mol. The fourth-order valence-corrected chi connectivity index (χ4v) is 7.18. The van der Waals surface area contributed by atoms with Crippen molar-refractivity contribution in [2.75, 3.05) is 0 Å². The topological polar surface area (TPSA) is 12.4 Å². The second-order valence-corrected chi connectivity index (χ2v) is 13.1. The van der Waals surface area contributed by atoms with Crippen LogP contribution in [0.25, 0.3) is 54.6 Å². The SMILES string of the molecule is CC1(C)N=C(c2cccc(-c3c4ccccc4c(-c4cccc5ccccc45)c4ccccc34)c2)SC1(C)C. The van der Waals surface area contributed by atoms with E-state index < -0.39 is 0 Å². The maximum atomic E-state index is 5.17. The van der Waals surface area contributed by atoms with E-state index in [-0.39, 0.29) is 10.3 Å². The maximum Gasteiger partial charge on any atom is 0.0990 e. The highest BCUT2D eigenvalue weighted by Crippen LogP contribution is 2.48. The maximum absolute atomic E-state index is 5.17. The van der Waals surface area contributed by atoms with Gasteiger partial charge in [-0.25, -0.2) is 0 Å². The Balaban J connectivity index is 1.52. The fraction of sp³-hybridized carbons (Fsp3) is 0.162. The smallest absolute Gasteiger partial charge is 0.0990 e. The summed E-state index contributed by atoms with van der Waals surface area (Å²) in [5.41, 5.74) is 6.19. The molecule has 190 valence electrons. The minimum atomic E-state index is -0.109. The van der Waals surface area contributed by atoms with Gasteiger partial charge in [-0.3, -0.25) is 4.99 Å². The van der Waals surface area contributed by atoms with Crippen LogP contribution in [0.15, 0.2) is 120 Å². The van der Waals surface area contributed by atoms with E-state index >= 15 is 0 Å². The molecule has 0 saturated carbocycles. The lowest BCUT2D eigenvalue weighted by molar-refractivity contribution is 0.426. The van der Waals surface area contributed by atoms with E-state index in [1.165, 1.54) is 60.1 Å². The molecule has 0 amide bonds. The second kappa shape index (κ2) is 8.83. The van der Waals surface area contributed by atoms with E-state index in [1.54, 1.807) is 0 Å². The Labute approximate surface area is 234 Å². The Morgan fingerprint density at radius 3 is 1.64 bits per heavy atom. The van der Waals surface area contributed by atoms with Crippen molar-refractivity contribution in [1.82, 2.24) is 0 Å². The Kier molecular flexibility index (Phi) is 5.47. The quantitative estimate of drug-likeness (QED) is 0.211. The number of nitrogens with zero attached hydrogens (tertiary/aromatic N) is 1. The molecule has 1 heterocycles. The minimum Gasteiger partial charge on any atom is -0.270 e. The standard InChI is InChI=1S/C37H31NS/c1-36(2)37(3,4)39-35(38-36)26-16-11-15-25(23-26)33-29-18-7-9-20-31(29)34(32-21-10-8-19-30(32)33)28-22-12-14-24-13-5-6-17-27(24)28/h5-23H,1-4H3. The van der Waals surface area contributed by atoms with Crippen LogP contribution in [0.5, 0.6) is 0 Å². The summed E-state index contributed by atoms with van der Waals surface area (Å²) in [5.74, 6) is 0. The first-order valence-corrected chi connectivity index (χ1v) is 14.5. The van der Waals surface area contributed by atoms with Crippen LogP contribution >= 0.6 is 11.8 Å². The van der Waals surface area contributed by atoms with Crippen LogP contribution in [0.4, 0.5) is 0 Å². The van der Waals surface area contributed by atoms with Crippen molar-refractivity contribution in [2.24, 2.45) is 4.99 Å². The van der Waals surface area contributed by atoms with Crippen molar-refractivity contribution in [3.8, 4) is 22.3 Å². The van der Waals surface area contributed by atoms with Crippen molar-refractivity contribution < 1.29 is 0 Å².